The summed E-state index contributed by atoms with van der Waals surface area (Å²) < 4.78 is 2.14. The van der Waals surface area contributed by atoms with Gasteiger partial charge in [-0.3, -0.25) is 19.8 Å². The van der Waals surface area contributed by atoms with E-state index in [2.05, 4.69) is 41.9 Å². The van der Waals surface area contributed by atoms with Crippen LogP contribution >= 0.6 is 12.2 Å². The Balaban J connectivity index is 1.80. The third-order valence-corrected chi connectivity index (χ3v) is 6.44. The van der Waals surface area contributed by atoms with Gasteiger partial charge in [0.05, 0.1) is 5.69 Å². The normalized spacial score (nSPS) is 15.4. The van der Waals surface area contributed by atoms with Crippen molar-refractivity contribution in [3.05, 3.63) is 87.2 Å². The smallest absolute Gasteiger partial charge is 0.270 e. The van der Waals surface area contributed by atoms with E-state index in [1.54, 1.807) is 6.08 Å². The topological polar surface area (TPSA) is 54.3 Å². The fourth-order valence-corrected chi connectivity index (χ4v) is 4.69. The maximum atomic E-state index is 13.5. The van der Waals surface area contributed by atoms with Crippen molar-refractivity contribution < 1.29 is 9.59 Å². The monoisotopic (exact) mass is 457 g/mol. The summed E-state index contributed by atoms with van der Waals surface area (Å²) in [5, 5.41) is 2.78. The van der Waals surface area contributed by atoms with Crippen molar-refractivity contribution in [2.24, 2.45) is 0 Å². The summed E-state index contributed by atoms with van der Waals surface area (Å²) in [7, 11) is 0. The number of hydrogen-bond acceptors (Lipinski definition) is 3. The third kappa shape index (κ3) is 4.02. The van der Waals surface area contributed by atoms with E-state index in [1.165, 1.54) is 16.0 Å². The van der Waals surface area contributed by atoms with Gasteiger partial charge >= 0.3 is 0 Å². The van der Waals surface area contributed by atoms with Crippen molar-refractivity contribution in [2.45, 2.75) is 41.5 Å². The lowest BCUT2D eigenvalue weighted by atomic mass is 10.0. The lowest BCUT2D eigenvalue weighted by molar-refractivity contribution is -0.122. The highest BCUT2D eigenvalue weighted by Crippen LogP contribution is 2.29. The highest BCUT2D eigenvalue weighted by molar-refractivity contribution is 7.80. The van der Waals surface area contributed by atoms with E-state index in [9.17, 15) is 9.59 Å². The van der Waals surface area contributed by atoms with Crippen LogP contribution in [-0.2, 0) is 9.59 Å². The van der Waals surface area contributed by atoms with Crippen LogP contribution in [0.5, 0.6) is 0 Å². The fraction of sp³-hybridized carbons (Fsp3) is 0.222. The average Bonchev–Trinajstić information content (AvgIpc) is 3.00. The molecule has 0 saturated carbocycles. The molecule has 1 aliphatic heterocycles. The van der Waals surface area contributed by atoms with E-state index in [0.717, 1.165) is 33.8 Å². The number of benzene rings is 2. The SMILES string of the molecule is Cc1cc(C)cc(-n2c(C)cc(/C=C3\C(=O)NC(=S)N(c4cccc(C)c4C)C3=O)c2C)c1. The van der Waals surface area contributed by atoms with Crippen molar-refractivity contribution >= 4 is 40.9 Å². The second kappa shape index (κ2) is 8.45. The minimum atomic E-state index is -0.484. The standard InChI is InChI=1S/C27H27N3O2S/c1-15-10-16(2)12-22(11-15)29-18(4)13-21(20(29)6)14-23-25(31)28-27(33)30(26(23)32)24-9-7-8-17(3)19(24)5/h7-14H,1-6H3,(H,28,31,33)/b23-14+. The molecule has 6 heteroatoms. The highest BCUT2D eigenvalue weighted by Gasteiger charge is 2.35. The van der Waals surface area contributed by atoms with Crippen LogP contribution in [0.4, 0.5) is 5.69 Å². The zero-order valence-electron chi connectivity index (χ0n) is 19.7. The number of carbonyl (C=O) groups is 2. The zero-order valence-corrected chi connectivity index (χ0v) is 20.6. The Kier molecular flexibility index (Phi) is 5.80. The Bertz CT molecular complexity index is 1340. The molecule has 2 aromatic carbocycles. The van der Waals surface area contributed by atoms with Gasteiger partial charge in [0.1, 0.15) is 5.57 Å². The van der Waals surface area contributed by atoms with Crippen molar-refractivity contribution in [3.63, 3.8) is 0 Å². The first-order valence-corrected chi connectivity index (χ1v) is 11.2. The van der Waals surface area contributed by atoms with Gasteiger partial charge in [-0.25, -0.2) is 0 Å². The molecule has 4 rings (SSSR count). The molecule has 0 bridgehead atoms. The predicted octanol–water partition coefficient (Wildman–Crippen LogP) is 5.16. The molecule has 2 heterocycles. The van der Waals surface area contributed by atoms with E-state index in [0.29, 0.717) is 5.69 Å². The molecular formula is C27H27N3O2S. The van der Waals surface area contributed by atoms with Crippen LogP contribution in [0.3, 0.4) is 0 Å². The van der Waals surface area contributed by atoms with Crippen molar-refractivity contribution in [2.75, 3.05) is 4.90 Å². The lowest BCUT2D eigenvalue weighted by Crippen LogP contribution is -2.54. The molecule has 5 nitrogen and oxygen atoms in total. The summed E-state index contributed by atoms with van der Waals surface area (Å²) in [4.78, 5) is 27.7. The number of rotatable bonds is 3. The van der Waals surface area contributed by atoms with Gasteiger partial charge in [-0.1, -0.05) is 18.2 Å². The van der Waals surface area contributed by atoms with Gasteiger partial charge in [0.2, 0.25) is 0 Å². The number of aryl methyl sites for hydroxylation is 4. The van der Waals surface area contributed by atoms with Crippen LogP contribution in [0.25, 0.3) is 11.8 Å². The average molecular weight is 458 g/mol. The largest absolute Gasteiger partial charge is 0.318 e. The van der Waals surface area contributed by atoms with E-state index in [-0.39, 0.29) is 10.7 Å². The molecular weight excluding hydrogens is 430 g/mol. The number of hydrogen-bond donors (Lipinski definition) is 1. The molecule has 0 spiro atoms. The van der Waals surface area contributed by atoms with Crippen LogP contribution in [-0.4, -0.2) is 21.5 Å². The molecule has 1 aromatic heterocycles. The summed E-state index contributed by atoms with van der Waals surface area (Å²) in [5.74, 6) is -0.906. The van der Waals surface area contributed by atoms with Gasteiger partial charge in [0.15, 0.2) is 5.11 Å². The first-order chi connectivity index (χ1) is 15.6. The Morgan fingerprint density at radius 3 is 2.24 bits per heavy atom. The summed E-state index contributed by atoms with van der Waals surface area (Å²) in [6.45, 7) is 12.1. The molecule has 3 aromatic rings. The fourth-order valence-electron chi connectivity index (χ4n) is 4.42. The summed E-state index contributed by atoms with van der Waals surface area (Å²) in [6, 6.07) is 14.1. The Labute approximate surface area is 199 Å². The van der Waals surface area contributed by atoms with Gasteiger partial charge in [-0.2, -0.15) is 0 Å². The Morgan fingerprint density at radius 2 is 1.58 bits per heavy atom. The first-order valence-electron chi connectivity index (χ1n) is 10.8. The quantitative estimate of drug-likeness (QED) is 0.336. The van der Waals surface area contributed by atoms with Crippen molar-refractivity contribution in [1.29, 1.82) is 0 Å². The van der Waals surface area contributed by atoms with Gasteiger partial charge in [0, 0.05) is 17.1 Å². The van der Waals surface area contributed by atoms with Crippen molar-refractivity contribution in [3.8, 4) is 5.69 Å². The van der Waals surface area contributed by atoms with E-state index < -0.39 is 11.8 Å². The molecule has 0 radical (unpaired) electrons. The van der Waals surface area contributed by atoms with Gasteiger partial charge in [-0.05, 0) is 112 Å². The molecule has 1 aliphatic rings. The molecule has 33 heavy (non-hydrogen) atoms. The number of nitrogens with one attached hydrogen (secondary N) is 1. The van der Waals surface area contributed by atoms with Crippen LogP contribution in [0.2, 0.25) is 0 Å². The molecule has 0 unspecified atom stereocenters. The first kappa shape index (κ1) is 22.7. The van der Waals surface area contributed by atoms with Crippen LogP contribution < -0.4 is 10.2 Å². The summed E-state index contributed by atoms with van der Waals surface area (Å²) >= 11 is 5.36. The number of anilines is 1. The molecule has 2 amide bonds. The molecule has 0 aliphatic carbocycles. The second-order valence-electron chi connectivity index (χ2n) is 8.68. The van der Waals surface area contributed by atoms with Crippen LogP contribution in [0.15, 0.2) is 48.0 Å². The molecule has 1 N–H and O–H groups in total. The molecule has 1 fully saturated rings. The second-order valence-corrected chi connectivity index (χ2v) is 9.07. The van der Waals surface area contributed by atoms with E-state index >= 15 is 0 Å². The zero-order chi connectivity index (χ0) is 24.0. The summed E-state index contributed by atoms with van der Waals surface area (Å²) in [6.07, 6.45) is 1.67. The summed E-state index contributed by atoms with van der Waals surface area (Å²) in [5.41, 5.74) is 8.94. The predicted molar refractivity (Wildman–Crippen MR) is 137 cm³/mol. The minimum absolute atomic E-state index is 0.0604. The Hall–Kier alpha value is -3.51. The minimum Gasteiger partial charge on any atom is -0.318 e. The van der Waals surface area contributed by atoms with Crippen LogP contribution in [0, 0.1) is 41.5 Å². The van der Waals surface area contributed by atoms with Gasteiger partial charge < -0.3 is 4.57 Å². The van der Waals surface area contributed by atoms with Gasteiger partial charge in [0.25, 0.3) is 11.8 Å². The van der Waals surface area contributed by atoms with Crippen LogP contribution in [0.1, 0.15) is 39.2 Å². The third-order valence-electron chi connectivity index (χ3n) is 6.15. The van der Waals surface area contributed by atoms with Crippen molar-refractivity contribution in [1.82, 2.24) is 9.88 Å². The Morgan fingerprint density at radius 1 is 0.909 bits per heavy atom. The lowest BCUT2D eigenvalue weighted by Gasteiger charge is -2.30. The number of carbonyl (C=O) groups excluding carboxylic acids is 2. The molecule has 168 valence electrons. The highest BCUT2D eigenvalue weighted by atomic mass is 32.1. The number of nitrogens with zero attached hydrogens (tertiary/aromatic N) is 2. The number of aromatic nitrogens is 1. The van der Waals surface area contributed by atoms with E-state index in [4.69, 9.17) is 12.2 Å². The number of amides is 2. The van der Waals surface area contributed by atoms with E-state index in [1.807, 2.05) is 52.0 Å². The molecule has 0 atom stereocenters. The molecule has 1 saturated heterocycles. The van der Waals surface area contributed by atoms with Gasteiger partial charge in [-0.15, -0.1) is 0 Å². The maximum Gasteiger partial charge on any atom is 0.270 e. The maximum absolute atomic E-state index is 13.5. The number of thiocarbonyl (C=S) groups is 1.